The standard InChI is InChI=1S/C27H29N7O4/c1-15-11-33(12-16(2)34(15)27(35)36)20-8-21-18(9-28)7-23(30-26(21)29-10-20)22-6-19-13-32(4)31-24(19)17(3)25(22)38-14-37-5/h6-8,10,13,15-16H,11-12,14H2,1-5H3,(H,35,36)/t15-,16-/m0/s1. The van der Waals surface area contributed by atoms with Gasteiger partial charge in [0.15, 0.2) is 12.4 Å². The van der Waals surface area contributed by atoms with Crippen molar-refractivity contribution in [3.05, 3.63) is 41.7 Å². The highest BCUT2D eigenvalue weighted by Crippen LogP contribution is 2.38. The number of carbonyl (C=O) groups is 1. The molecule has 0 radical (unpaired) electrons. The molecule has 1 aliphatic rings. The Kier molecular flexibility index (Phi) is 6.50. The first-order chi connectivity index (χ1) is 18.2. The summed E-state index contributed by atoms with van der Waals surface area (Å²) in [6.07, 6.45) is 2.74. The average Bonchev–Trinajstić information content (AvgIpc) is 3.27. The van der Waals surface area contributed by atoms with Gasteiger partial charge in [0.25, 0.3) is 0 Å². The van der Waals surface area contributed by atoms with Crippen LogP contribution >= 0.6 is 0 Å². The zero-order chi connectivity index (χ0) is 27.1. The summed E-state index contributed by atoms with van der Waals surface area (Å²) < 4.78 is 12.9. The first-order valence-electron chi connectivity index (χ1n) is 12.3. The Hall–Kier alpha value is -4.43. The first-order valence-corrected chi connectivity index (χ1v) is 12.3. The van der Waals surface area contributed by atoms with Crippen molar-refractivity contribution in [2.75, 3.05) is 31.9 Å². The van der Waals surface area contributed by atoms with Crippen LogP contribution in [0.25, 0.3) is 33.2 Å². The van der Waals surface area contributed by atoms with Crippen LogP contribution in [0.5, 0.6) is 5.75 Å². The molecule has 4 aromatic rings. The van der Waals surface area contributed by atoms with Crippen LogP contribution in [0.2, 0.25) is 0 Å². The van der Waals surface area contributed by atoms with Gasteiger partial charge in [0.1, 0.15) is 5.75 Å². The summed E-state index contributed by atoms with van der Waals surface area (Å²) >= 11 is 0. The SMILES string of the molecule is COCOc1c(-c2cc(C#N)c3cc(N4C[C@H](C)N(C(=O)O)[C@@H](C)C4)cnc3n2)cc2cn(C)nc2c1C. The second kappa shape index (κ2) is 9.79. The lowest BCUT2D eigenvalue weighted by atomic mass is 10.0. The fraction of sp³-hybridized carbons (Fsp3) is 0.370. The smallest absolute Gasteiger partial charge is 0.407 e. The van der Waals surface area contributed by atoms with E-state index < -0.39 is 6.09 Å². The van der Waals surface area contributed by atoms with Gasteiger partial charge in [-0.3, -0.25) is 9.58 Å². The van der Waals surface area contributed by atoms with E-state index in [0.29, 0.717) is 41.1 Å². The third-order valence-electron chi connectivity index (χ3n) is 6.97. The summed E-state index contributed by atoms with van der Waals surface area (Å²) in [5.41, 5.74) is 4.65. The minimum atomic E-state index is -0.918. The molecule has 4 heterocycles. The van der Waals surface area contributed by atoms with Crippen LogP contribution in [0.15, 0.2) is 30.6 Å². The highest BCUT2D eigenvalue weighted by Gasteiger charge is 2.33. The van der Waals surface area contributed by atoms with E-state index >= 15 is 0 Å². The largest absolute Gasteiger partial charge is 0.466 e. The number of ether oxygens (including phenoxy) is 2. The third-order valence-corrected chi connectivity index (χ3v) is 6.97. The van der Waals surface area contributed by atoms with Crippen LogP contribution in [-0.4, -0.2) is 74.9 Å². The van der Waals surface area contributed by atoms with Gasteiger partial charge in [-0.2, -0.15) is 10.4 Å². The molecule has 2 atom stereocenters. The number of aromatic nitrogens is 4. The summed E-state index contributed by atoms with van der Waals surface area (Å²) in [7, 11) is 3.42. The number of rotatable bonds is 5. The molecular formula is C27H29N7O4. The molecule has 1 saturated heterocycles. The molecule has 0 unspecified atom stereocenters. The number of benzene rings is 1. The predicted molar refractivity (Wildman–Crippen MR) is 142 cm³/mol. The number of nitriles is 1. The fourth-order valence-electron chi connectivity index (χ4n) is 5.34. The molecule has 0 aliphatic carbocycles. The molecule has 5 rings (SSSR count). The molecule has 1 amide bonds. The van der Waals surface area contributed by atoms with Gasteiger partial charge in [-0.15, -0.1) is 0 Å². The highest BCUT2D eigenvalue weighted by atomic mass is 16.7. The Morgan fingerprint density at radius 1 is 1.24 bits per heavy atom. The van der Waals surface area contributed by atoms with E-state index in [1.807, 2.05) is 46.1 Å². The van der Waals surface area contributed by atoms with Crippen molar-refractivity contribution in [1.82, 2.24) is 24.6 Å². The lowest BCUT2D eigenvalue weighted by molar-refractivity contribution is 0.0511. The van der Waals surface area contributed by atoms with Crippen LogP contribution in [0.3, 0.4) is 0 Å². The fourth-order valence-corrected chi connectivity index (χ4v) is 5.34. The van der Waals surface area contributed by atoms with Gasteiger partial charge in [0.2, 0.25) is 0 Å². The predicted octanol–water partition coefficient (Wildman–Crippen LogP) is 3.92. The van der Waals surface area contributed by atoms with Crippen molar-refractivity contribution in [3.8, 4) is 23.1 Å². The lowest BCUT2D eigenvalue weighted by Crippen LogP contribution is -2.58. The number of aryl methyl sites for hydroxylation is 2. The summed E-state index contributed by atoms with van der Waals surface area (Å²) in [6, 6.07) is 7.55. The number of fused-ring (bicyclic) bond motifs is 2. The van der Waals surface area contributed by atoms with Crippen LogP contribution in [-0.2, 0) is 11.8 Å². The minimum Gasteiger partial charge on any atom is -0.466 e. The molecule has 3 aromatic heterocycles. The number of methoxy groups -OCH3 is 1. The van der Waals surface area contributed by atoms with Gasteiger partial charge in [-0.1, -0.05) is 0 Å². The number of anilines is 1. The number of hydrogen-bond donors (Lipinski definition) is 1. The second-order valence-electron chi connectivity index (χ2n) is 9.69. The molecule has 1 N–H and O–H groups in total. The molecule has 1 aliphatic heterocycles. The van der Waals surface area contributed by atoms with E-state index in [1.165, 1.54) is 4.90 Å². The molecule has 11 heteroatoms. The summed E-state index contributed by atoms with van der Waals surface area (Å²) in [5, 5.41) is 25.7. The van der Waals surface area contributed by atoms with Crippen molar-refractivity contribution in [1.29, 1.82) is 5.26 Å². The van der Waals surface area contributed by atoms with E-state index in [2.05, 4.69) is 21.1 Å². The van der Waals surface area contributed by atoms with Gasteiger partial charge < -0.3 is 19.5 Å². The van der Waals surface area contributed by atoms with Crippen molar-refractivity contribution < 1.29 is 19.4 Å². The maximum absolute atomic E-state index is 11.6. The monoisotopic (exact) mass is 515 g/mol. The quantitative estimate of drug-likeness (QED) is 0.393. The van der Waals surface area contributed by atoms with Crippen molar-refractivity contribution in [2.24, 2.45) is 7.05 Å². The van der Waals surface area contributed by atoms with Crippen molar-refractivity contribution >= 4 is 33.7 Å². The van der Waals surface area contributed by atoms with Gasteiger partial charge in [0.05, 0.1) is 46.8 Å². The Balaban J connectivity index is 1.59. The highest BCUT2D eigenvalue weighted by molar-refractivity contribution is 5.93. The number of hydrogen-bond acceptors (Lipinski definition) is 8. The molecule has 0 saturated carbocycles. The second-order valence-corrected chi connectivity index (χ2v) is 9.69. The maximum atomic E-state index is 11.6. The zero-order valence-electron chi connectivity index (χ0n) is 22.0. The normalized spacial score (nSPS) is 17.7. The summed E-state index contributed by atoms with van der Waals surface area (Å²) in [5.74, 6) is 0.588. The molecule has 196 valence electrons. The topological polar surface area (TPSA) is 130 Å². The molecular weight excluding hydrogens is 486 g/mol. The molecule has 38 heavy (non-hydrogen) atoms. The van der Waals surface area contributed by atoms with Gasteiger partial charge in [-0.05, 0) is 39.0 Å². The van der Waals surface area contributed by atoms with Gasteiger partial charge >= 0.3 is 6.09 Å². The van der Waals surface area contributed by atoms with E-state index in [9.17, 15) is 15.2 Å². The Bertz CT molecular complexity index is 1580. The van der Waals surface area contributed by atoms with Crippen LogP contribution < -0.4 is 9.64 Å². The van der Waals surface area contributed by atoms with Crippen LogP contribution in [0.1, 0.15) is 25.0 Å². The molecule has 1 fully saturated rings. The van der Waals surface area contributed by atoms with Crippen molar-refractivity contribution in [2.45, 2.75) is 32.9 Å². The summed E-state index contributed by atoms with van der Waals surface area (Å²) in [4.78, 5) is 24.6. The lowest BCUT2D eigenvalue weighted by Gasteiger charge is -2.43. The number of amides is 1. The number of pyridine rings is 2. The average molecular weight is 516 g/mol. The molecule has 0 spiro atoms. The Labute approximate surface area is 219 Å². The Morgan fingerprint density at radius 3 is 2.63 bits per heavy atom. The van der Waals surface area contributed by atoms with Crippen LogP contribution in [0.4, 0.5) is 10.5 Å². The van der Waals surface area contributed by atoms with Crippen LogP contribution in [0, 0.1) is 18.3 Å². The van der Waals surface area contributed by atoms with E-state index in [-0.39, 0.29) is 18.9 Å². The Morgan fingerprint density at radius 2 is 1.97 bits per heavy atom. The van der Waals surface area contributed by atoms with Gasteiger partial charge in [-0.25, -0.2) is 14.8 Å². The molecule has 1 aromatic carbocycles. The number of carboxylic acid groups (broad SMARTS) is 1. The number of nitrogens with zero attached hydrogens (tertiary/aromatic N) is 7. The third kappa shape index (κ3) is 4.33. The minimum absolute atomic E-state index is 0.0540. The molecule has 0 bridgehead atoms. The van der Waals surface area contributed by atoms with E-state index in [4.69, 9.17) is 14.5 Å². The first kappa shape index (κ1) is 25.2. The van der Waals surface area contributed by atoms with E-state index in [0.717, 1.165) is 27.7 Å². The van der Waals surface area contributed by atoms with Crippen molar-refractivity contribution in [3.63, 3.8) is 0 Å². The maximum Gasteiger partial charge on any atom is 0.407 e. The van der Waals surface area contributed by atoms with E-state index in [1.54, 1.807) is 24.1 Å². The van der Waals surface area contributed by atoms with Gasteiger partial charge in [0, 0.05) is 55.3 Å². The molecule has 11 nitrogen and oxygen atoms in total. The summed E-state index contributed by atoms with van der Waals surface area (Å²) in [6.45, 7) is 6.84. The number of piperazine rings is 1. The zero-order valence-corrected chi connectivity index (χ0v) is 22.0.